The van der Waals surface area contributed by atoms with Crippen LogP contribution in [0, 0.1) is 0 Å². The van der Waals surface area contributed by atoms with E-state index in [1.165, 1.54) is 19.3 Å². The number of imidazole rings is 1. The maximum atomic E-state index is 4.31. The van der Waals surface area contributed by atoms with E-state index >= 15 is 0 Å². The third kappa shape index (κ3) is 2.18. The standard InChI is InChI=1S/C13H19N5/c1-17-9-11(6-16-17)13-8-15-10-18(13)12-4-2-3-5-14-7-12/h6,8-10,12,14H,2-5,7H2,1H3. The summed E-state index contributed by atoms with van der Waals surface area (Å²) in [6.45, 7) is 2.16. The lowest BCUT2D eigenvalue weighted by molar-refractivity contribution is 0.464. The van der Waals surface area contributed by atoms with Crippen LogP contribution in [0.25, 0.3) is 11.3 Å². The molecule has 0 bridgehead atoms. The first kappa shape index (κ1) is 11.5. The van der Waals surface area contributed by atoms with E-state index in [9.17, 15) is 0 Å². The van der Waals surface area contributed by atoms with Gasteiger partial charge >= 0.3 is 0 Å². The number of nitrogens with zero attached hydrogens (tertiary/aromatic N) is 4. The average Bonchev–Trinajstić information content (AvgIpc) is 2.92. The topological polar surface area (TPSA) is 47.7 Å². The van der Waals surface area contributed by atoms with Gasteiger partial charge in [0.2, 0.25) is 0 Å². The molecule has 5 nitrogen and oxygen atoms in total. The third-order valence-electron chi connectivity index (χ3n) is 3.58. The fraction of sp³-hybridized carbons (Fsp3) is 0.538. The van der Waals surface area contributed by atoms with Crippen LogP contribution >= 0.6 is 0 Å². The Labute approximate surface area is 107 Å². The summed E-state index contributed by atoms with van der Waals surface area (Å²) >= 11 is 0. The highest BCUT2D eigenvalue weighted by Crippen LogP contribution is 2.25. The highest BCUT2D eigenvalue weighted by molar-refractivity contribution is 5.56. The molecule has 18 heavy (non-hydrogen) atoms. The molecule has 1 aliphatic rings. The number of rotatable bonds is 2. The summed E-state index contributed by atoms with van der Waals surface area (Å²) in [5.41, 5.74) is 2.30. The third-order valence-corrected chi connectivity index (χ3v) is 3.58. The van der Waals surface area contributed by atoms with Gasteiger partial charge in [-0.25, -0.2) is 4.98 Å². The Hall–Kier alpha value is -1.62. The van der Waals surface area contributed by atoms with Crippen molar-refractivity contribution >= 4 is 0 Å². The second kappa shape index (κ2) is 4.94. The summed E-state index contributed by atoms with van der Waals surface area (Å²) in [6.07, 6.45) is 11.6. The maximum absolute atomic E-state index is 4.31. The second-order valence-electron chi connectivity index (χ2n) is 4.94. The molecule has 96 valence electrons. The number of hydrogen-bond acceptors (Lipinski definition) is 3. The fourth-order valence-corrected chi connectivity index (χ4v) is 2.61. The zero-order valence-electron chi connectivity index (χ0n) is 10.7. The number of aryl methyl sites for hydroxylation is 1. The highest BCUT2D eigenvalue weighted by atomic mass is 15.2. The first-order chi connectivity index (χ1) is 8.84. The van der Waals surface area contributed by atoms with Crippen molar-refractivity contribution in [2.24, 2.45) is 7.05 Å². The van der Waals surface area contributed by atoms with Crippen LogP contribution in [0.3, 0.4) is 0 Å². The Morgan fingerprint density at radius 3 is 3.11 bits per heavy atom. The molecular weight excluding hydrogens is 226 g/mol. The lowest BCUT2D eigenvalue weighted by Crippen LogP contribution is -2.23. The summed E-state index contributed by atoms with van der Waals surface area (Å²) in [5.74, 6) is 0. The zero-order chi connectivity index (χ0) is 12.4. The van der Waals surface area contributed by atoms with E-state index in [-0.39, 0.29) is 0 Å². The minimum Gasteiger partial charge on any atom is -0.326 e. The summed E-state index contributed by atoms with van der Waals surface area (Å²) < 4.78 is 4.12. The van der Waals surface area contributed by atoms with Crippen molar-refractivity contribution in [1.29, 1.82) is 0 Å². The van der Waals surface area contributed by atoms with Gasteiger partial charge in [-0.1, -0.05) is 6.42 Å². The monoisotopic (exact) mass is 245 g/mol. The van der Waals surface area contributed by atoms with Gasteiger partial charge in [0.05, 0.1) is 24.4 Å². The van der Waals surface area contributed by atoms with Gasteiger partial charge in [-0.15, -0.1) is 0 Å². The normalized spacial score (nSPS) is 20.8. The van der Waals surface area contributed by atoms with E-state index < -0.39 is 0 Å². The molecule has 5 heteroatoms. The molecule has 1 N–H and O–H groups in total. The number of nitrogens with one attached hydrogen (secondary N) is 1. The predicted octanol–water partition coefficient (Wildman–Crippen LogP) is 1.60. The van der Waals surface area contributed by atoms with Crippen LogP contribution in [-0.2, 0) is 7.05 Å². The lowest BCUT2D eigenvalue weighted by atomic mass is 10.1. The Kier molecular flexibility index (Phi) is 3.15. The Morgan fingerprint density at radius 2 is 2.28 bits per heavy atom. The molecule has 0 spiro atoms. The quantitative estimate of drug-likeness (QED) is 0.874. The van der Waals surface area contributed by atoms with Crippen LogP contribution < -0.4 is 5.32 Å². The van der Waals surface area contributed by atoms with Gasteiger partial charge < -0.3 is 9.88 Å². The molecular formula is C13H19N5. The van der Waals surface area contributed by atoms with Crippen molar-refractivity contribution in [3.8, 4) is 11.3 Å². The van der Waals surface area contributed by atoms with Gasteiger partial charge in [0.25, 0.3) is 0 Å². The molecule has 1 fully saturated rings. The molecule has 3 rings (SSSR count). The molecule has 0 aliphatic carbocycles. The van der Waals surface area contributed by atoms with Crippen LogP contribution in [-0.4, -0.2) is 32.4 Å². The van der Waals surface area contributed by atoms with Crippen LogP contribution in [0.4, 0.5) is 0 Å². The van der Waals surface area contributed by atoms with Crippen LogP contribution in [0.5, 0.6) is 0 Å². The fourth-order valence-electron chi connectivity index (χ4n) is 2.61. The van der Waals surface area contributed by atoms with Gasteiger partial charge in [0.15, 0.2) is 0 Å². The van der Waals surface area contributed by atoms with Gasteiger partial charge in [-0.3, -0.25) is 4.68 Å². The predicted molar refractivity (Wildman–Crippen MR) is 70.2 cm³/mol. The van der Waals surface area contributed by atoms with Crippen LogP contribution in [0.1, 0.15) is 25.3 Å². The molecule has 3 heterocycles. The van der Waals surface area contributed by atoms with Gasteiger partial charge in [0.1, 0.15) is 0 Å². The highest BCUT2D eigenvalue weighted by Gasteiger charge is 2.17. The SMILES string of the molecule is Cn1cc(-c2cncn2C2CCCCNC2)cn1. The van der Waals surface area contributed by atoms with E-state index in [4.69, 9.17) is 0 Å². The molecule has 1 aliphatic heterocycles. The Balaban J connectivity index is 1.90. The van der Waals surface area contributed by atoms with E-state index in [0.29, 0.717) is 6.04 Å². The molecule has 1 unspecified atom stereocenters. The molecule has 1 saturated heterocycles. The van der Waals surface area contributed by atoms with Crippen LogP contribution in [0.15, 0.2) is 24.9 Å². The van der Waals surface area contributed by atoms with Crippen molar-refractivity contribution in [2.75, 3.05) is 13.1 Å². The summed E-state index contributed by atoms with van der Waals surface area (Å²) in [4.78, 5) is 4.31. The first-order valence-corrected chi connectivity index (χ1v) is 6.56. The Bertz CT molecular complexity index is 505. The molecule has 0 amide bonds. The smallest absolute Gasteiger partial charge is 0.0954 e. The van der Waals surface area contributed by atoms with Crippen molar-refractivity contribution < 1.29 is 0 Å². The molecule has 2 aromatic heterocycles. The molecule has 0 aromatic carbocycles. The maximum Gasteiger partial charge on any atom is 0.0954 e. The second-order valence-corrected chi connectivity index (χ2v) is 4.94. The first-order valence-electron chi connectivity index (χ1n) is 6.56. The number of hydrogen-bond donors (Lipinski definition) is 1. The van der Waals surface area contributed by atoms with E-state index in [2.05, 4.69) is 20.0 Å². The lowest BCUT2D eigenvalue weighted by Gasteiger charge is -2.18. The van der Waals surface area contributed by atoms with E-state index in [0.717, 1.165) is 24.3 Å². The van der Waals surface area contributed by atoms with Crippen molar-refractivity contribution in [3.63, 3.8) is 0 Å². The number of aromatic nitrogens is 4. The summed E-state index contributed by atoms with van der Waals surface area (Å²) in [7, 11) is 1.94. The molecule has 0 radical (unpaired) electrons. The molecule has 2 aromatic rings. The van der Waals surface area contributed by atoms with Gasteiger partial charge in [0, 0.05) is 31.4 Å². The van der Waals surface area contributed by atoms with Crippen molar-refractivity contribution in [1.82, 2.24) is 24.6 Å². The van der Waals surface area contributed by atoms with Gasteiger partial charge in [-0.05, 0) is 19.4 Å². The van der Waals surface area contributed by atoms with Crippen molar-refractivity contribution in [3.05, 3.63) is 24.9 Å². The average molecular weight is 245 g/mol. The molecule has 1 atom stereocenters. The van der Waals surface area contributed by atoms with Crippen LogP contribution in [0.2, 0.25) is 0 Å². The Morgan fingerprint density at radius 1 is 1.33 bits per heavy atom. The summed E-state index contributed by atoms with van der Waals surface area (Å²) in [5, 5.41) is 7.74. The van der Waals surface area contributed by atoms with Crippen molar-refractivity contribution in [2.45, 2.75) is 25.3 Å². The minimum atomic E-state index is 0.505. The molecule has 0 saturated carbocycles. The zero-order valence-corrected chi connectivity index (χ0v) is 10.7. The largest absolute Gasteiger partial charge is 0.326 e. The minimum absolute atomic E-state index is 0.505. The van der Waals surface area contributed by atoms with E-state index in [1.807, 2.05) is 36.6 Å². The van der Waals surface area contributed by atoms with Gasteiger partial charge in [-0.2, -0.15) is 5.10 Å². The van der Waals surface area contributed by atoms with E-state index in [1.54, 1.807) is 0 Å². The summed E-state index contributed by atoms with van der Waals surface area (Å²) in [6, 6.07) is 0.505.